The molecule has 4 rings (SSSR count). The van der Waals surface area contributed by atoms with Gasteiger partial charge in [-0.15, -0.1) is 11.3 Å². The zero-order valence-corrected chi connectivity index (χ0v) is 17.1. The van der Waals surface area contributed by atoms with Gasteiger partial charge in [0.25, 0.3) is 5.56 Å². The second-order valence-electron chi connectivity index (χ2n) is 6.68. The summed E-state index contributed by atoms with van der Waals surface area (Å²) >= 11 is 2.74. The zero-order valence-electron chi connectivity index (χ0n) is 15.5. The van der Waals surface area contributed by atoms with Crippen LogP contribution in [0.1, 0.15) is 17.7 Å². The minimum absolute atomic E-state index is 0.0874. The van der Waals surface area contributed by atoms with Gasteiger partial charge < -0.3 is 15.0 Å². The first-order chi connectivity index (χ1) is 13.6. The van der Waals surface area contributed by atoms with Crippen LogP contribution in [0.2, 0.25) is 0 Å². The summed E-state index contributed by atoms with van der Waals surface area (Å²) in [5.74, 6) is 0.118. The maximum absolute atomic E-state index is 12.7. The zero-order chi connectivity index (χ0) is 19.5. The largest absolute Gasteiger partial charge is 0.376 e. The number of hydrogen-bond acceptors (Lipinski definition) is 6. The number of aryl methyl sites for hydroxylation is 1. The topological polar surface area (TPSA) is 84.1 Å². The second kappa shape index (κ2) is 8.46. The van der Waals surface area contributed by atoms with E-state index < -0.39 is 0 Å². The number of nitrogens with one attached hydrogen (secondary N) is 2. The molecule has 3 aromatic rings. The predicted octanol–water partition coefficient (Wildman–Crippen LogP) is 3.35. The molecule has 1 aliphatic heterocycles. The highest BCUT2D eigenvalue weighted by Gasteiger charge is 2.18. The molecule has 0 radical (unpaired) electrons. The molecule has 0 aliphatic carbocycles. The number of rotatable bonds is 6. The maximum Gasteiger partial charge on any atom is 0.260 e. The minimum Gasteiger partial charge on any atom is -0.376 e. The van der Waals surface area contributed by atoms with Crippen molar-refractivity contribution >= 4 is 39.2 Å². The highest BCUT2D eigenvalue weighted by molar-refractivity contribution is 7.99. The molecular formula is C20H21N3O3S2. The van der Waals surface area contributed by atoms with Gasteiger partial charge in [-0.3, -0.25) is 9.59 Å². The fourth-order valence-electron chi connectivity index (χ4n) is 3.34. The Morgan fingerprint density at radius 1 is 1.39 bits per heavy atom. The Hall–Kier alpha value is -2.16. The molecule has 146 valence electrons. The molecule has 1 amide bonds. The van der Waals surface area contributed by atoms with Gasteiger partial charge >= 0.3 is 0 Å². The van der Waals surface area contributed by atoms with Crippen molar-refractivity contribution in [2.24, 2.45) is 0 Å². The van der Waals surface area contributed by atoms with Crippen LogP contribution in [0.5, 0.6) is 0 Å². The summed E-state index contributed by atoms with van der Waals surface area (Å²) in [7, 11) is 0. The number of thioether (sulfide) groups is 1. The number of carbonyl (C=O) groups is 1. The molecule has 1 fully saturated rings. The molecule has 28 heavy (non-hydrogen) atoms. The van der Waals surface area contributed by atoms with Gasteiger partial charge in [-0.1, -0.05) is 42.1 Å². The fraction of sp³-hybridized carbons (Fsp3) is 0.350. The van der Waals surface area contributed by atoms with Gasteiger partial charge in [0.15, 0.2) is 5.16 Å². The van der Waals surface area contributed by atoms with Crippen LogP contribution in [0.15, 0.2) is 40.3 Å². The van der Waals surface area contributed by atoms with Gasteiger partial charge in [0.1, 0.15) is 4.83 Å². The second-order valence-corrected chi connectivity index (χ2v) is 8.85. The minimum atomic E-state index is -0.171. The van der Waals surface area contributed by atoms with E-state index in [0.29, 0.717) is 21.9 Å². The molecule has 1 atom stereocenters. The van der Waals surface area contributed by atoms with Crippen LogP contribution in [-0.4, -0.2) is 40.9 Å². The Bertz CT molecular complexity index is 1040. The number of thiophene rings is 1. The van der Waals surface area contributed by atoms with Gasteiger partial charge in [0.05, 0.1) is 17.2 Å². The average molecular weight is 416 g/mol. The van der Waals surface area contributed by atoms with Crippen molar-refractivity contribution in [2.45, 2.75) is 31.0 Å². The van der Waals surface area contributed by atoms with Crippen LogP contribution >= 0.6 is 23.1 Å². The summed E-state index contributed by atoms with van der Waals surface area (Å²) in [5, 5.41) is 3.95. The van der Waals surface area contributed by atoms with Crippen LogP contribution in [0.25, 0.3) is 21.3 Å². The van der Waals surface area contributed by atoms with Gasteiger partial charge in [0, 0.05) is 23.6 Å². The Balaban J connectivity index is 1.49. The van der Waals surface area contributed by atoms with E-state index >= 15 is 0 Å². The molecule has 1 aromatic carbocycles. The van der Waals surface area contributed by atoms with E-state index in [4.69, 9.17) is 4.74 Å². The quantitative estimate of drug-likeness (QED) is 0.476. The third-order valence-corrected chi connectivity index (χ3v) is 6.54. The van der Waals surface area contributed by atoms with Crippen molar-refractivity contribution in [3.63, 3.8) is 0 Å². The molecule has 2 aromatic heterocycles. The van der Waals surface area contributed by atoms with Crippen molar-refractivity contribution in [3.8, 4) is 11.1 Å². The van der Waals surface area contributed by atoms with Crippen molar-refractivity contribution in [2.75, 3.05) is 18.9 Å². The molecule has 3 heterocycles. The van der Waals surface area contributed by atoms with Crippen LogP contribution in [-0.2, 0) is 9.53 Å². The van der Waals surface area contributed by atoms with E-state index in [2.05, 4.69) is 15.3 Å². The van der Waals surface area contributed by atoms with Crippen molar-refractivity contribution < 1.29 is 9.53 Å². The van der Waals surface area contributed by atoms with Crippen LogP contribution in [0.3, 0.4) is 0 Å². The number of amides is 1. The lowest BCUT2D eigenvalue weighted by atomic mass is 10.0. The van der Waals surface area contributed by atoms with Crippen LogP contribution < -0.4 is 10.9 Å². The number of aromatic nitrogens is 2. The van der Waals surface area contributed by atoms with Gasteiger partial charge in [-0.05, 0) is 25.3 Å². The standard InChI is InChI=1S/C20H21N3O3S2/c1-12-16(13-6-3-2-4-7-13)17-18(25)22-20(23-19(17)28-12)27-11-15(24)21-10-14-8-5-9-26-14/h2-4,6-7,14H,5,8-11H2,1H3,(H,21,24)(H,22,23,25). The number of fused-ring (bicyclic) bond motifs is 1. The fourth-order valence-corrected chi connectivity index (χ4v) is 5.13. The lowest BCUT2D eigenvalue weighted by Crippen LogP contribution is -2.33. The lowest BCUT2D eigenvalue weighted by Gasteiger charge is -2.10. The van der Waals surface area contributed by atoms with E-state index in [9.17, 15) is 9.59 Å². The molecule has 1 unspecified atom stereocenters. The van der Waals surface area contributed by atoms with E-state index in [1.165, 1.54) is 23.1 Å². The summed E-state index contributed by atoms with van der Waals surface area (Å²) in [5.41, 5.74) is 1.77. The molecule has 1 saturated heterocycles. The van der Waals surface area contributed by atoms with E-state index in [1.54, 1.807) is 0 Å². The third-order valence-electron chi connectivity index (χ3n) is 4.67. The molecule has 0 spiro atoms. The number of ether oxygens (including phenoxy) is 1. The first-order valence-corrected chi connectivity index (χ1v) is 11.0. The lowest BCUT2D eigenvalue weighted by molar-refractivity contribution is -0.119. The third kappa shape index (κ3) is 4.14. The predicted molar refractivity (Wildman–Crippen MR) is 113 cm³/mol. The first-order valence-electron chi connectivity index (χ1n) is 9.22. The molecule has 0 bridgehead atoms. The molecule has 8 heteroatoms. The summed E-state index contributed by atoms with van der Waals surface area (Å²) in [6.07, 6.45) is 2.15. The SMILES string of the molecule is Cc1sc2nc(SCC(=O)NCC3CCCO3)[nH]c(=O)c2c1-c1ccccc1. The molecule has 0 saturated carbocycles. The summed E-state index contributed by atoms with van der Waals surface area (Å²) < 4.78 is 5.50. The van der Waals surface area contributed by atoms with Crippen molar-refractivity contribution in [1.29, 1.82) is 0 Å². The number of carbonyl (C=O) groups excluding carboxylic acids is 1. The summed E-state index contributed by atoms with van der Waals surface area (Å²) in [4.78, 5) is 33.9. The van der Waals surface area contributed by atoms with Crippen LogP contribution in [0.4, 0.5) is 0 Å². The smallest absolute Gasteiger partial charge is 0.260 e. The number of aromatic amines is 1. The monoisotopic (exact) mass is 415 g/mol. The van der Waals surface area contributed by atoms with E-state index in [-0.39, 0.29) is 23.3 Å². The number of hydrogen-bond donors (Lipinski definition) is 2. The van der Waals surface area contributed by atoms with Gasteiger partial charge in [-0.25, -0.2) is 4.98 Å². The van der Waals surface area contributed by atoms with E-state index in [0.717, 1.165) is 35.5 Å². The van der Waals surface area contributed by atoms with Crippen molar-refractivity contribution in [1.82, 2.24) is 15.3 Å². The summed E-state index contributed by atoms with van der Waals surface area (Å²) in [6, 6.07) is 9.86. The Labute approximate surface area is 170 Å². The average Bonchev–Trinajstić information content (AvgIpc) is 3.32. The Morgan fingerprint density at radius 3 is 2.96 bits per heavy atom. The molecule has 6 nitrogen and oxygen atoms in total. The van der Waals surface area contributed by atoms with E-state index in [1.807, 2.05) is 37.3 Å². The maximum atomic E-state index is 12.7. The van der Waals surface area contributed by atoms with Crippen molar-refractivity contribution in [3.05, 3.63) is 45.6 Å². The number of nitrogens with zero attached hydrogens (tertiary/aromatic N) is 1. The normalized spacial score (nSPS) is 16.5. The van der Waals surface area contributed by atoms with Gasteiger partial charge in [-0.2, -0.15) is 0 Å². The number of H-pyrrole nitrogens is 1. The van der Waals surface area contributed by atoms with Gasteiger partial charge in [0.2, 0.25) is 5.91 Å². The Kier molecular flexibility index (Phi) is 5.79. The van der Waals surface area contributed by atoms with Crippen LogP contribution in [0, 0.1) is 6.92 Å². The molecule has 1 aliphatic rings. The highest BCUT2D eigenvalue weighted by Crippen LogP contribution is 2.35. The molecule has 2 N–H and O–H groups in total. The number of benzene rings is 1. The summed E-state index contributed by atoms with van der Waals surface area (Å²) in [6.45, 7) is 3.30. The first kappa shape index (κ1) is 19.2. The Morgan fingerprint density at radius 2 is 2.21 bits per heavy atom. The molecular weight excluding hydrogens is 394 g/mol. The highest BCUT2D eigenvalue weighted by atomic mass is 32.2.